The minimum Gasteiger partial charge on any atom is -0.176 e. The second-order valence-corrected chi connectivity index (χ2v) is 6.12. The van der Waals surface area contributed by atoms with E-state index in [1.807, 2.05) is 10.8 Å². The molecule has 0 aliphatic carbocycles. The molecule has 0 nitrogen and oxygen atoms in total. The fraction of sp³-hybridized carbons (Fsp3) is 1.00. The topological polar surface area (TPSA) is 0 Å². The van der Waals surface area contributed by atoms with Gasteiger partial charge in [-0.1, -0.05) is 29.4 Å². The summed E-state index contributed by atoms with van der Waals surface area (Å²) in [5.41, 5.74) is 0. The molecule has 1 unspecified atom stereocenters. The molecule has 0 aromatic heterocycles. The molecule has 0 aromatic carbocycles. The highest BCUT2D eigenvalue weighted by atomic mass is 33.5. The number of hydrogen-bond acceptors (Lipinski definition) is 4. The van der Waals surface area contributed by atoms with Crippen molar-refractivity contribution in [3.05, 3.63) is 0 Å². The molecule has 0 spiro atoms. The lowest BCUT2D eigenvalue weighted by atomic mass is 10.2. The van der Waals surface area contributed by atoms with Gasteiger partial charge in [0.05, 0.1) is 0 Å². The summed E-state index contributed by atoms with van der Waals surface area (Å²) in [6.45, 7) is 2.18. The number of thiol groups is 2. The van der Waals surface area contributed by atoms with Crippen molar-refractivity contribution in [2.24, 2.45) is 0 Å². The fourth-order valence-corrected chi connectivity index (χ4v) is 2.41. The maximum absolute atomic E-state index is 4.40. The molecule has 0 aliphatic heterocycles. The minimum atomic E-state index is 0.602. The van der Waals surface area contributed by atoms with Crippen molar-refractivity contribution in [1.29, 1.82) is 0 Å². The summed E-state index contributed by atoms with van der Waals surface area (Å²) >= 11 is 8.43. The number of rotatable bonds is 6. The lowest BCUT2D eigenvalue weighted by Gasteiger charge is -2.04. The van der Waals surface area contributed by atoms with Crippen molar-refractivity contribution >= 4 is 44.9 Å². The largest absolute Gasteiger partial charge is 0.176 e. The van der Waals surface area contributed by atoms with Crippen LogP contribution in [0.4, 0.5) is 0 Å². The quantitative estimate of drug-likeness (QED) is 0.393. The summed E-state index contributed by atoms with van der Waals surface area (Å²) in [4.78, 5) is 0. The standard InChI is InChI=1S/C6H14S4/c1-2-6(7)4-3-5-9-10-8/h6-8H,2-5H2,1H3. The smallest absolute Gasteiger partial charge is 0.00454 e. The molecular weight excluding hydrogens is 200 g/mol. The Hall–Kier alpha value is 1.40. The third kappa shape index (κ3) is 7.51. The maximum atomic E-state index is 4.40. The van der Waals surface area contributed by atoms with Crippen LogP contribution < -0.4 is 0 Å². The van der Waals surface area contributed by atoms with Crippen molar-refractivity contribution in [2.45, 2.75) is 31.4 Å². The molecule has 10 heavy (non-hydrogen) atoms. The Morgan fingerprint density at radius 1 is 1.50 bits per heavy atom. The van der Waals surface area contributed by atoms with Crippen molar-refractivity contribution in [3.8, 4) is 0 Å². The van der Waals surface area contributed by atoms with E-state index >= 15 is 0 Å². The van der Waals surface area contributed by atoms with Gasteiger partial charge in [-0.3, -0.25) is 0 Å². The van der Waals surface area contributed by atoms with Gasteiger partial charge in [-0.25, -0.2) is 0 Å². The van der Waals surface area contributed by atoms with Gasteiger partial charge in [0, 0.05) is 11.0 Å². The summed E-state index contributed by atoms with van der Waals surface area (Å²) in [5, 5.41) is 0.602. The van der Waals surface area contributed by atoms with Crippen LogP contribution in [-0.2, 0) is 0 Å². The van der Waals surface area contributed by atoms with Crippen molar-refractivity contribution < 1.29 is 0 Å². The Balaban J connectivity index is 2.89. The molecular formula is C6H14S4. The van der Waals surface area contributed by atoms with Crippen LogP contribution >= 0.6 is 44.9 Å². The van der Waals surface area contributed by atoms with Crippen LogP contribution in [0.25, 0.3) is 0 Å². The highest BCUT2D eigenvalue weighted by Crippen LogP contribution is 2.26. The van der Waals surface area contributed by atoms with E-state index in [4.69, 9.17) is 0 Å². The molecule has 0 rings (SSSR count). The van der Waals surface area contributed by atoms with E-state index in [0.717, 1.165) is 0 Å². The van der Waals surface area contributed by atoms with Gasteiger partial charge in [0.15, 0.2) is 0 Å². The Morgan fingerprint density at radius 3 is 2.70 bits per heavy atom. The van der Waals surface area contributed by atoms with E-state index in [1.54, 1.807) is 9.83 Å². The molecule has 0 radical (unpaired) electrons. The Bertz CT molecular complexity index is 66.8. The highest BCUT2D eigenvalue weighted by molar-refractivity contribution is 9.05. The zero-order valence-corrected chi connectivity index (χ0v) is 9.54. The van der Waals surface area contributed by atoms with Crippen molar-refractivity contribution in [1.82, 2.24) is 0 Å². The van der Waals surface area contributed by atoms with Gasteiger partial charge in [0.2, 0.25) is 0 Å². The second kappa shape index (κ2) is 8.50. The zero-order valence-electron chi connectivity index (χ0n) is 6.12. The van der Waals surface area contributed by atoms with E-state index in [-0.39, 0.29) is 0 Å². The van der Waals surface area contributed by atoms with Crippen LogP contribution in [0.5, 0.6) is 0 Å². The first-order chi connectivity index (χ1) is 4.81. The average Bonchev–Trinajstić information content (AvgIpc) is 1.98. The first-order valence-electron chi connectivity index (χ1n) is 3.42. The van der Waals surface area contributed by atoms with E-state index in [0.29, 0.717) is 5.25 Å². The fourth-order valence-electron chi connectivity index (χ4n) is 0.619. The molecule has 0 aromatic rings. The van der Waals surface area contributed by atoms with Crippen LogP contribution in [0, 0.1) is 0 Å². The molecule has 0 saturated carbocycles. The lowest BCUT2D eigenvalue weighted by molar-refractivity contribution is 0.729. The predicted octanol–water partition coefficient (Wildman–Crippen LogP) is 3.70. The molecule has 4 heteroatoms. The van der Waals surface area contributed by atoms with Gasteiger partial charge in [-0.05, 0) is 29.1 Å². The van der Waals surface area contributed by atoms with Gasteiger partial charge in [0.25, 0.3) is 0 Å². The van der Waals surface area contributed by atoms with Crippen LogP contribution in [-0.4, -0.2) is 11.0 Å². The average molecular weight is 214 g/mol. The van der Waals surface area contributed by atoms with Gasteiger partial charge >= 0.3 is 0 Å². The summed E-state index contributed by atoms with van der Waals surface area (Å²) in [6.07, 6.45) is 3.68. The van der Waals surface area contributed by atoms with Gasteiger partial charge in [0.1, 0.15) is 0 Å². The highest BCUT2D eigenvalue weighted by Gasteiger charge is 1.97. The zero-order chi connectivity index (χ0) is 7.82. The van der Waals surface area contributed by atoms with Gasteiger partial charge in [-0.2, -0.15) is 12.6 Å². The van der Waals surface area contributed by atoms with Gasteiger partial charge in [-0.15, -0.1) is 0 Å². The van der Waals surface area contributed by atoms with Crippen molar-refractivity contribution in [2.75, 3.05) is 5.75 Å². The third-order valence-corrected chi connectivity index (χ3v) is 4.24. The third-order valence-electron chi connectivity index (χ3n) is 1.29. The predicted molar refractivity (Wildman–Crippen MR) is 61.3 cm³/mol. The second-order valence-electron chi connectivity index (χ2n) is 2.10. The Labute approximate surface area is 81.9 Å². The maximum Gasteiger partial charge on any atom is 0.00454 e. The SMILES string of the molecule is CCC(S)CCCSSS. The number of hydrogen-bond donors (Lipinski definition) is 2. The van der Waals surface area contributed by atoms with Crippen LogP contribution in [0.2, 0.25) is 0 Å². The first-order valence-corrected chi connectivity index (χ1v) is 7.31. The first kappa shape index (κ1) is 11.4. The van der Waals surface area contributed by atoms with Crippen LogP contribution in [0.3, 0.4) is 0 Å². The van der Waals surface area contributed by atoms with Crippen LogP contribution in [0.1, 0.15) is 26.2 Å². The van der Waals surface area contributed by atoms with E-state index < -0.39 is 0 Å². The molecule has 0 aliphatic rings. The molecule has 0 amide bonds. The normalized spacial score (nSPS) is 13.5. The summed E-state index contributed by atoms with van der Waals surface area (Å²) < 4.78 is 0. The van der Waals surface area contributed by atoms with E-state index in [1.165, 1.54) is 25.0 Å². The minimum absolute atomic E-state index is 0.602. The molecule has 1 atom stereocenters. The Morgan fingerprint density at radius 2 is 2.20 bits per heavy atom. The molecule has 0 N–H and O–H groups in total. The molecule has 0 heterocycles. The van der Waals surface area contributed by atoms with Crippen LogP contribution in [0.15, 0.2) is 0 Å². The molecule has 0 saturated heterocycles. The van der Waals surface area contributed by atoms with E-state index in [9.17, 15) is 0 Å². The van der Waals surface area contributed by atoms with E-state index in [2.05, 4.69) is 31.2 Å². The summed E-state index contributed by atoms with van der Waals surface area (Å²) in [6, 6.07) is 0. The Kier molecular flexibility index (Phi) is 9.69. The molecule has 0 fully saturated rings. The summed E-state index contributed by atoms with van der Waals surface area (Å²) in [7, 11) is 3.35. The monoisotopic (exact) mass is 214 g/mol. The lowest BCUT2D eigenvalue weighted by Crippen LogP contribution is -1.95. The molecule has 62 valence electrons. The molecule has 0 bridgehead atoms. The van der Waals surface area contributed by atoms with Crippen molar-refractivity contribution in [3.63, 3.8) is 0 Å². The van der Waals surface area contributed by atoms with Gasteiger partial charge < -0.3 is 0 Å². The summed E-state index contributed by atoms with van der Waals surface area (Å²) in [5.74, 6) is 1.20.